The van der Waals surface area contributed by atoms with Gasteiger partial charge in [0.15, 0.2) is 0 Å². The SMILES string of the molecule is OC1CC2C=CC1CC2O. The summed E-state index contributed by atoms with van der Waals surface area (Å²) in [4.78, 5) is 0. The normalized spacial score (nSPS) is 51.8. The second-order valence-electron chi connectivity index (χ2n) is 3.32. The van der Waals surface area contributed by atoms with E-state index in [4.69, 9.17) is 0 Å². The maximum atomic E-state index is 9.35. The topological polar surface area (TPSA) is 40.5 Å². The lowest BCUT2D eigenvalue weighted by molar-refractivity contribution is -0.0124. The van der Waals surface area contributed by atoms with Crippen molar-refractivity contribution in [1.82, 2.24) is 0 Å². The molecule has 1 fully saturated rings. The van der Waals surface area contributed by atoms with Gasteiger partial charge < -0.3 is 10.2 Å². The fourth-order valence-corrected chi connectivity index (χ4v) is 1.92. The van der Waals surface area contributed by atoms with Gasteiger partial charge in [0.1, 0.15) is 0 Å². The molecule has 0 aromatic carbocycles. The summed E-state index contributed by atoms with van der Waals surface area (Å²) >= 11 is 0. The van der Waals surface area contributed by atoms with Crippen LogP contribution < -0.4 is 0 Å². The summed E-state index contributed by atoms with van der Waals surface area (Å²) < 4.78 is 0. The summed E-state index contributed by atoms with van der Waals surface area (Å²) in [5.74, 6) is 0.444. The molecular weight excluding hydrogens is 128 g/mol. The summed E-state index contributed by atoms with van der Waals surface area (Å²) in [5.41, 5.74) is 0. The predicted octanol–water partition coefficient (Wildman–Crippen LogP) is 0.304. The molecule has 2 bridgehead atoms. The minimum atomic E-state index is -0.196. The Morgan fingerprint density at radius 3 is 1.50 bits per heavy atom. The Bertz CT molecular complexity index is 147. The third-order valence-electron chi connectivity index (χ3n) is 2.62. The zero-order valence-corrected chi connectivity index (χ0v) is 5.77. The second-order valence-corrected chi connectivity index (χ2v) is 3.32. The van der Waals surface area contributed by atoms with Gasteiger partial charge in [0.25, 0.3) is 0 Å². The first-order valence-electron chi connectivity index (χ1n) is 3.82. The summed E-state index contributed by atoms with van der Waals surface area (Å²) in [6.45, 7) is 0. The van der Waals surface area contributed by atoms with Gasteiger partial charge in [-0.25, -0.2) is 0 Å². The van der Waals surface area contributed by atoms with Crippen molar-refractivity contribution in [3.8, 4) is 0 Å². The first-order chi connectivity index (χ1) is 4.77. The van der Waals surface area contributed by atoms with Crippen LogP contribution in [0.5, 0.6) is 0 Å². The molecule has 3 aliphatic rings. The lowest BCUT2D eigenvalue weighted by atomic mass is 9.72. The lowest BCUT2D eigenvalue weighted by Crippen LogP contribution is -2.40. The minimum absolute atomic E-state index is 0.196. The zero-order chi connectivity index (χ0) is 7.14. The van der Waals surface area contributed by atoms with Crippen LogP contribution in [0.25, 0.3) is 0 Å². The number of hydrogen-bond donors (Lipinski definition) is 2. The van der Waals surface area contributed by atoms with Gasteiger partial charge in [0, 0.05) is 11.8 Å². The van der Waals surface area contributed by atoms with E-state index in [-0.39, 0.29) is 24.0 Å². The van der Waals surface area contributed by atoms with Gasteiger partial charge in [-0.15, -0.1) is 0 Å². The van der Waals surface area contributed by atoms with Crippen LogP contribution in [0, 0.1) is 11.8 Å². The van der Waals surface area contributed by atoms with Gasteiger partial charge >= 0.3 is 0 Å². The molecule has 56 valence electrons. The molecule has 4 unspecified atom stereocenters. The Balaban J connectivity index is 2.20. The lowest BCUT2D eigenvalue weighted by Gasteiger charge is -2.38. The van der Waals surface area contributed by atoms with Gasteiger partial charge in [0.05, 0.1) is 12.2 Å². The number of aliphatic hydroxyl groups excluding tert-OH is 2. The first-order valence-corrected chi connectivity index (χ1v) is 3.82. The molecular formula is C8H12O2. The van der Waals surface area contributed by atoms with Crippen LogP contribution in [-0.2, 0) is 0 Å². The van der Waals surface area contributed by atoms with E-state index in [2.05, 4.69) is 0 Å². The molecule has 0 aliphatic heterocycles. The van der Waals surface area contributed by atoms with Crippen molar-refractivity contribution in [2.24, 2.45) is 11.8 Å². The van der Waals surface area contributed by atoms with E-state index in [1.54, 1.807) is 0 Å². The van der Waals surface area contributed by atoms with Crippen molar-refractivity contribution in [2.45, 2.75) is 25.0 Å². The molecule has 0 aromatic rings. The minimum Gasteiger partial charge on any atom is -0.392 e. The third kappa shape index (κ3) is 0.796. The largest absolute Gasteiger partial charge is 0.392 e. The Morgan fingerprint density at radius 1 is 0.900 bits per heavy atom. The van der Waals surface area contributed by atoms with Crippen LogP contribution in [0.3, 0.4) is 0 Å². The summed E-state index contributed by atoms with van der Waals surface area (Å²) in [7, 11) is 0. The zero-order valence-electron chi connectivity index (χ0n) is 5.77. The number of aliphatic hydroxyl groups is 2. The molecule has 1 saturated carbocycles. The molecule has 4 atom stereocenters. The summed E-state index contributed by atoms with van der Waals surface area (Å²) in [6, 6.07) is 0. The first kappa shape index (κ1) is 6.38. The fraction of sp³-hybridized carbons (Fsp3) is 0.750. The molecule has 0 spiro atoms. The van der Waals surface area contributed by atoms with Crippen molar-refractivity contribution >= 4 is 0 Å². The van der Waals surface area contributed by atoms with E-state index in [0.29, 0.717) is 0 Å². The van der Waals surface area contributed by atoms with Crippen molar-refractivity contribution in [2.75, 3.05) is 0 Å². The van der Waals surface area contributed by atoms with E-state index in [1.165, 1.54) is 0 Å². The molecule has 0 heterocycles. The highest BCUT2D eigenvalue weighted by Crippen LogP contribution is 2.36. The van der Waals surface area contributed by atoms with E-state index in [1.807, 2.05) is 12.2 Å². The fourth-order valence-electron chi connectivity index (χ4n) is 1.92. The van der Waals surface area contributed by atoms with Crippen LogP contribution in [0.1, 0.15) is 12.8 Å². The Hall–Kier alpha value is -0.340. The standard InChI is InChI=1S/C8H12O2/c9-7-4-6-2-1-5(7)3-8(6)10/h1-2,5-10H,3-4H2. The molecule has 0 amide bonds. The smallest absolute Gasteiger partial charge is 0.0610 e. The molecule has 0 radical (unpaired) electrons. The molecule has 0 aromatic heterocycles. The maximum Gasteiger partial charge on any atom is 0.0610 e. The number of fused-ring (bicyclic) bond motifs is 2. The van der Waals surface area contributed by atoms with Crippen molar-refractivity contribution in [3.05, 3.63) is 12.2 Å². The maximum absolute atomic E-state index is 9.35. The number of rotatable bonds is 0. The van der Waals surface area contributed by atoms with Crippen LogP contribution in [0.2, 0.25) is 0 Å². The molecule has 3 aliphatic carbocycles. The highest BCUT2D eigenvalue weighted by molar-refractivity contribution is 5.09. The van der Waals surface area contributed by atoms with Crippen molar-refractivity contribution < 1.29 is 10.2 Å². The molecule has 3 rings (SSSR count). The molecule has 10 heavy (non-hydrogen) atoms. The van der Waals surface area contributed by atoms with E-state index >= 15 is 0 Å². The van der Waals surface area contributed by atoms with Crippen molar-refractivity contribution in [3.63, 3.8) is 0 Å². The monoisotopic (exact) mass is 140 g/mol. The van der Waals surface area contributed by atoms with Crippen LogP contribution in [0.15, 0.2) is 12.2 Å². The average Bonchev–Trinajstić information content (AvgIpc) is 1.91. The molecule has 2 nitrogen and oxygen atoms in total. The van der Waals surface area contributed by atoms with Crippen LogP contribution in [0.4, 0.5) is 0 Å². The molecule has 2 heteroatoms. The predicted molar refractivity (Wildman–Crippen MR) is 37.4 cm³/mol. The van der Waals surface area contributed by atoms with Gasteiger partial charge in [0.2, 0.25) is 0 Å². The van der Waals surface area contributed by atoms with Crippen molar-refractivity contribution in [1.29, 1.82) is 0 Å². The molecule has 2 N–H and O–H groups in total. The Labute approximate surface area is 60.2 Å². The third-order valence-corrected chi connectivity index (χ3v) is 2.62. The highest BCUT2D eigenvalue weighted by atomic mass is 16.3. The van der Waals surface area contributed by atoms with Gasteiger partial charge in [-0.05, 0) is 12.8 Å². The summed E-state index contributed by atoms with van der Waals surface area (Å²) in [6.07, 6.45) is 5.18. The van der Waals surface area contributed by atoms with E-state index < -0.39 is 0 Å². The summed E-state index contributed by atoms with van der Waals surface area (Å²) in [5, 5.41) is 18.7. The van der Waals surface area contributed by atoms with Crippen LogP contribution in [-0.4, -0.2) is 22.4 Å². The quantitative estimate of drug-likeness (QED) is 0.475. The van der Waals surface area contributed by atoms with E-state index in [0.717, 1.165) is 12.8 Å². The van der Waals surface area contributed by atoms with Gasteiger partial charge in [-0.3, -0.25) is 0 Å². The highest BCUT2D eigenvalue weighted by Gasteiger charge is 2.36. The van der Waals surface area contributed by atoms with Crippen LogP contribution >= 0.6 is 0 Å². The van der Waals surface area contributed by atoms with Gasteiger partial charge in [-0.2, -0.15) is 0 Å². The Kier molecular flexibility index (Phi) is 1.32. The molecule has 0 saturated heterocycles. The number of hydrogen-bond acceptors (Lipinski definition) is 2. The Morgan fingerprint density at radius 2 is 1.30 bits per heavy atom. The second kappa shape index (κ2) is 2.07. The van der Waals surface area contributed by atoms with E-state index in [9.17, 15) is 10.2 Å². The van der Waals surface area contributed by atoms with Gasteiger partial charge in [-0.1, -0.05) is 12.2 Å². The average molecular weight is 140 g/mol.